The number of likely N-dealkylation sites (tertiary alicyclic amines) is 1. The fourth-order valence-corrected chi connectivity index (χ4v) is 6.04. The van der Waals surface area contributed by atoms with Crippen LogP contribution in [-0.4, -0.2) is 78.6 Å². The topological polar surface area (TPSA) is 65.1 Å². The SMILES string of the molecule is CC(C)NC(=O)N(CCN1CCCC1)CC(=O)N1CCc2sccc2[C@H]1COc1ccc(C(C)C)cc1. The number of nitrogens with zero attached hydrogens (tertiary/aromatic N) is 3. The number of carbonyl (C=O) groups is 2. The van der Waals surface area contributed by atoms with Gasteiger partial charge in [0, 0.05) is 30.6 Å². The lowest BCUT2D eigenvalue weighted by atomic mass is 10.00. The van der Waals surface area contributed by atoms with E-state index >= 15 is 0 Å². The number of thiophene rings is 1. The molecule has 7 nitrogen and oxygen atoms in total. The molecular formula is C29H42N4O3S. The van der Waals surface area contributed by atoms with Crippen LogP contribution in [-0.2, 0) is 11.2 Å². The van der Waals surface area contributed by atoms with Gasteiger partial charge in [-0.2, -0.15) is 0 Å². The summed E-state index contributed by atoms with van der Waals surface area (Å²) < 4.78 is 6.22. The monoisotopic (exact) mass is 526 g/mol. The summed E-state index contributed by atoms with van der Waals surface area (Å²) in [5.74, 6) is 1.25. The van der Waals surface area contributed by atoms with Crippen molar-refractivity contribution >= 4 is 23.3 Å². The number of fused-ring (bicyclic) bond motifs is 1. The maximum Gasteiger partial charge on any atom is 0.318 e. The molecule has 0 saturated carbocycles. The van der Waals surface area contributed by atoms with Crippen molar-refractivity contribution in [1.82, 2.24) is 20.0 Å². The molecule has 1 saturated heterocycles. The van der Waals surface area contributed by atoms with Crippen molar-refractivity contribution in [3.63, 3.8) is 0 Å². The Morgan fingerprint density at radius 3 is 2.49 bits per heavy atom. The lowest BCUT2D eigenvalue weighted by Gasteiger charge is -2.37. The highest BCUT2D eigenvalue weighted by molar-refractivity contribution is 7.10. The van der Waals surface area contributed by atoms with Crippen LogP contribution in [0, 0.1) is 0 Å². The maximum absolute atomic E-state index is 13.7. The molecule has 1 fully saturated rings. The molecule has 0 spiro atoms. The first-order chi connectivity index (χ1) is 17.8. The highest BCUT2D eigenvalue weighted by atomic mass is 32.1. The number of nitrogens with one attached hydrogen (secondary N) is 1. The van der Waals surface area contributed by atoms with Gasteiger partial charge in [-0.25, -0.2) is 4.79 Å². The van der Waals surface area contributed by atoms with Crippen LogP contribution in [0.5, 0.6) is 5.75 Å². The van der Waals surface area contributed by atoms with Gasteiger partial charge in [-0.15, -0.1) is 11.3 Å². The van der Waals surface area contributed by atoms with Gasteiger partial charge >= 0.3 is 6.03 Å². The Kier molecular flexibility index (Phi) is 9.49. The van der Waals surface area contributed by atoms with Gasteiger partial charge in [0.15, 0.2) is 0 Å². The van der Waals surface area contributed by atoms with E-state index in [0.29, 0.717) is 25.6 Å². The van der Waals surface area contributed by atoms with Crippen LogP contribution >= 0.6 is 11.3 Å². The number of amides is 3. The first kappa shape index (κ1) is 27.5. The van der Waals surface area contributed by atoms with Gasteiger partial charge in [0.25, 0.3) is 0 Å². The Labute approximate surface area is 225 Å². The van der Waals surface area contributed by atoms with Crippen LogP contribution in [0.25, 0.3) is 0 Å². The summed E-state index contributed by atoms with van der Waals surface area (Å²) in [6.45, 7) is 12.8. The van der Waals surface area contributed by atoms with Crippen molar-refractivity contribution in [1.29, 1.82) is 0 Å². The Morgan fingerprint density at radius 2 is 1.81 bits per heavy atom. The van der Waals surface area contributed by atoms with Crippen LogP contribution in [0.4, 0.5) is 4.79 Å². The number of carbonyl (C=O) groups excluding carboxylic acids is 2. The fourth-order valence-electron chi connectivity index (χ4n) is 5.11. The fraction of sp³-hybridized carbons (Fsp3) is 0.586. The second-order valence-corrected chi connectivity index (χ2v) is 11.8. The van der Waals surface area contributed by atoms with Gasteiger partial charge in [0.05, 0.1) is 6.04 Å². The smallest absolute Gasteiger partial charge is 0.318 e. The molecule has 2 aromatic rings. The molecule has 3 amide bonds. The molecule has 3 heterocycles. The molecule has 0 aliphatic carbocycles. The number of hydrogen-bond acceptors (Lipinski definition) is 5. The zero-order valence-electron chi connectivity index (χ0n) is 22.7. The summed E-state index contributed by atoms with van der Waals surface area (Å²) in [7, 11) is 0. The van der Waals surface area contributed by atoms with E-state index in [2.05, 4.69) is 47.6 Å². The first-order valence-corrected chi connectivity index (χ1v) is 14.6. The number of urea groups is 1. The molecule has 0 bridgehead atoms. The van der Waals surface area contributed by atoms with Gasteiger partial charge in [-0.05, 0) is 86.8 Å². The van der Waals surface area contributed by atoms with Crippen molar-refractivity contribution in [2.75, 3.05) is 45.9 Å². The second-order valence-electron chi connectivity index (χ2n) is 10.8. The molecule has 1 aromatic carbocycles. The molecular weight excluding hydrogens is 484 g/mol. The molecule has 2 aliphatic heterocycles. The average molecular weight is 527 g/mol. The number of hydrogen-bond donors (Lipinski definition) is 1. The summed E-state index contributed by atoms with van der Waals surface area (Å²) in [5, 5.41) is 5.08. The van der Waals surface area contributed by atoms with Gasteiger partial charge in [-0.1, -0.05) is 26.0 Å². The largest absolute Gasteiger partial charge is 0.491 e. The quantitative estimate of drug-likeness (QED) is 0.479. The van der Waals surface area contributed by atoms with E-state index in [1.165, 1.54) is 28.8 Å². The third kappa shape index (κ3) is 7.26. The Hall–Kier alpha value is -2.58. The number of rotatable bonds is 10. The molecule has 202 valence electrons. The predicted molar refractivity (Wildman–Crippen MR) is 149 cm³/mol. The number of ether oxygens (including phenoxy) is 1. The minimum absolute atomic E-state index is 0.0171. The van der Waals surface area contributed by atoms with Crippen LogP contribution in [0.15, 0.2) is 35.7 Å². The molecule has 2 aliphatic rings. The summed E-state index contributed by atoms with van der Waals surface area (Å²) in [6, 6.07) is 10.0. The molecule has 0 unspecified atom stereocenters. The Balaban J connectivity index is 1.45. The van der Waals surface area contributed by atoms with E-state index in [1.54, 1.807) is 16.2 Å². The Bertz CT molecular complexity index is 1030. The molecule has 1 aromatic heterocycles. The highest BCUT2D eigenvalue weighted by Gasteiger charge is 2.33. The average Bonchev–Trinajstić information content (AvgIpc) is 3.56. The molecule has 4 rings (SSSR count). The van der Waals surface area contributed by atoms with Crippen molar-refractivity contribution < 1.29 is 14.3 Å². The van der Waals surface area contributed by atoms with E-state index in [1.807, 2.05) is 30.9 Å². The van der Waals surface area contributed by atoms with Crippen LogP contribution in [0.2, 0.25) is 0 Å². The minimum Gasteiger partial charge on any atom is -0.491 e. The lowest BCUT2D eigenvalue weighted by molar-refractivity contribution is -0.135. The van der Waals surface area contributed by atoms with Crippen LogP contribution in [0.3, 0.4) is 0 Å². The summed E-state index contributed by atoms with van der Waals surface area (Å²) in [5.41, 5.74) is 2.44. The summed E-state index contributed by atoms with van der Waals surface area (Å²) in [4.78, 5) is 34.0. The van der Waals surface area contributed by atoms with Crippen LogP contribution in [0.1, 0.15) is 68.5 Å². The second kappa shape index (κ2) is 12.8. The zero-order valence-corrected chi connectivity index (χ0v) is 23.6. The van der Waals surface area contributed by atoms with E-state index < -0.39 is 0 Å². The van der Waals surface area contributed by atoms with Gasteiger partial charge < -0.3 is 24.8 Å². The molecule has 0 radical (unpaired) electrons. The normalized spacial score (nSPS) is 17.8. The van der Waals surface area contributed by atoms with Crippen molar-refractivity contribution in [2.45, 2.75) is 65.0 Å². The van der Waals surface area contributed by atoms with E-state index in [9.17, 15) is 9.59 Å². The van der Waals surface area contributed by atoms with Gasteiger partial charge in [0.2, 0.25) is 5.91 Å². The molecule has 8 heteroatoms. The van der Waals surface area contributed by atoms with Gasteiger partial charge in [-0.3, -0.25) is 4.79 Å². The lowest BCUT2D eigenvalue weighted by Crippen LogP contribution is -2.52. The summed E-state index contributed by atoms with van der Waals surface area (Å²) >= 11 is 1.74. The van der Waals surface area contributed by atoms with Crippen molar-refractivity contribution in [3.8, 4) is 5.75 Å². The number of benzene rings is 1. The first-order valence-electron chi connectivity index (χ1n) is 13.7. The third-order valence-corrected chi connectivity index (χ3v) is 8.28. The zero-order chi connectivity index (χ0) is 26.4. The van der Waals surface area contributed by atoms with E-state index in [0.717, 1.165) is 31.8 Å². The van der Waals surface area contributed by atoms with Crippen molar-refractivity contribution in [2.24, 2.45) is 0 Å². The van der Waals surface area contributed by atoms with Crippen LogP contribution < -0.4 is 10.1 Å². The molecule has 1 N–H and O–H groups in total. The van der Waals surface area contributed by atoms with Gasteiger partial charge in [0.1, 0.15) is 18.9 Å². The van der Waals surface area contributed by atoms with E-state index in [4.69, 9.17) is 4.74 Å². The maximum atomic E-state index is 13.7. The highest BCUT2D eigenvalue weighted by Crippen LogP contribution is 2.34. The Morgan fingerprint density at radius 1 is 1.08 bits per heavy atom. The van der Waals surface area contributed by atoms with E-state index in [-0.39, 0.29) is 30.6 Å². The predicted octanol–water partition coefficient (Wildman–Crippen LogP) is 4.89. The molecule has 1 atom stereocenters. The third-order valence-electron chi connectivity index (χ3n) is 7.28. The standard InChI is InChI=1S/C29H42N4O3S/c1-21(2)23-7-9-24(10-8-23)36-20-26-25-12-18-37-27(25)11-15-33(26)28(34)19-32(29(35)30-22(3)4)17-16-31-13-5-6-14-31/h7-10,12,18,21-22,26H,5-6,11,13-17,19-20H2,1-4H3,(H,30,35)/t26-/m1/s1. The molecule has 37 heavy (non-hydrogen) atoms. The summed E-state index contributed by atoms with van der Waals surface area (Å²) in [6.07, 6.45) is 3.25. The van der Waals surface area contributed by atoms with Crippen molar-refractivity contribution in [3.05, 3.63) is 51.7 Å². The minimum atomic E-state index is -0.172.